The van der Waals surface area contributed by atoms with Gasteiger partial charge in [0.2, 0.25) is 5.91 Å². The van der Waals surface area contributed by atoms with E-state index in [9.17, 15) is 9.18 Å². The molecule has 0 spiro atoms. The summed E-state index contributed by atoms with van der Waals surface area (Å²) >= 11 is 0. The summed E-state index contributed by atoms with van der Waals surface area (Å²) in [6.07, 6.45) is 5.12. The summed E-state index contributed by atoms with van der Waals surface area (Å²) in [5.74, 6) is 1.45. The number of carbonyl (C=O) groups excluding carboxylic acids is 1. The Bertz CT molecular complexity index is 812. The number of rotatable bonds is 4. The monoisotopic (exact) mass is 397 g/mol. The molecule has 0 atom stereocenters. The summed E-state index contributed by atoms with van der Waals surface area (Å²) in [4.78, 5) is 18.8. The summed E-state index contributed by atoms with van der Waals surface area (Å²) in [7, 11) is 0. The van der Waals surface area contributed by atoms with E-state index in [1.165, 1.54) is 31.7 Å². The quantitative estimate of drug-likeness (QED) is 0.794. The third-order valence-corrected chi connectivity index (χ3v) is 5.82. The fraction of sp³-hybridized carbons (Fsp3) is 0.500. The smallest absolute Gasteiger partial charge is 0.227 e. The van der Waals surface area contributed by atoms with Crippen LogP contribution in [0.1, 0.15) is 31.2 Å². The van der Waals surface area contributed by atoms with Gasteiger partial charge in [0, 0.05) is 39.3 Å². The molecule has 0 unspecified atom stereocenters. The van der Waals surface area contributed by atoms with Crippen LogP contribution < -0.4 is 9.80 Å². The van der Waals surface area contributed by atoms with Gasteiger partial charge in [-0.25, -0.2) is 4.39 Å². The van der Waals surface area contributed by atoms with Gasteiger partial charge in [-0.2, -0.15) is 0 Å². The summed E-state index contributed by atoms with van der Waals surface area (Å²) in [5.41, 5.74) is 0.454. The number of carbonyl (C=O) groups is 1. The first-order valence-electron chi connectivity index (χ1n) is 10.6. The van der Waals surface area contributed by atoms with Gasteiger partial charge in [-0.05, 0) is 36.6 Å². The van der Waals surface area contributed by atoms with E-state index >= 15 is 0 Å². The van der Waals surface area contributed by atoms with Crippen LogP contribution in [0.3, 0.4) is 0 Å². The van der Waals surface area contributed by atoms with Gasteiger partial charge in [-0.15, -0.1) is 10.2 Å². The van der Waals surface area contributed by atoms with E-state index in [1.807, 2.05) is 11.0 Å². The molecule has 1 aromatic heterocycles. The highest BCUT2D eigenvalue weighted by Gasteiger charge is 2.23. The standard InChI is InChI=1S/C22H28FN5O/c23-19-8-4-3-7-18(19)17-22(29)28-15-13-27(14-16-28)21-10-9-20(24-25-21)26-11-5-1-2-6-12-26/h3-4,7-10H,1-2,5-6,11-17H2. The summed E-state index contributed by atoms with van der Waals surface area (Å²) in [5, 5.41) is 8.89. The Morgan fingerprint density at radius 3 is 1.97 bits per heavy atom. The lowest BCUT2D eigenvalue weighted by Gasteiger charge is -2.35. The maximum atomic E-state index is 13.8. The van der Waals surface area contributed by atoms with Gasteiger partial charge < -0.3 is 14.7 Å². The normalized spacial score (nSPS) is 17.9. The molecular weight excluding hydrogens is 369 g/mol. The topological polar surface area (TPSA) is 52.6 Å². The van der Waals surface area contributed by atoms with E-state index in [4.69, 9.17) is 0 Å². The molecule has 6 nitrogen and oxygen atoms in total. The minimum atomic E-state index is -0.320. The van der Waals surface area contributed by atoms with Crippen LogP contribution in [-0.2, 0) is 11.2 Å². The first-order chi connectivity index (χ1) is 14.2. The van der Waals surface area contributed by atoms with Crippen molar-refractivity contribution < 1.29 is 9.18 Å². The second kappa shape index (κ2) is 9.20. The van der Waals surface area contributed by atoms with Crippen LogP contribution in [0.5, 0.6) is 0 Å². The van der Waals surface area contributed by atoms with Gasteiger partial charge in [0.25, 0.3) is 0 Å². The zero-order chi connectivity index (χ0) is 20.1. The molecule has 0 N–H and O–H groups in total. The number of hydrogen-bond donors (Lipinski definition) is 0. The molecular formula is C22H28FN5O. The van der Waals surface area contributed by atoms with Crippen molar-refractivity contribution in [1.29, 1.82) is 0 Å². The molecule has 3 heterocycles. The van der Waals surface area contributed by atoms with Crippen LogP contribution in [0.15, 0.2) is 36.4 Å². The van der Waals surface area contributed by atoms with E-state index in [1.54, 1.807) is 18.2 Å². The van der Waals surface area contributed by atoms with Crippen LogP contribution in [-0.4, -0.2) is 60.3 Å². The first-order valence-corrected chi connectivity index (χ1v) is 10.6. The van der Waals surface area contributed by atoms with Crippen molar-refractivity contribution in [3.63, 3.8) is 0 Å². The number of aromatic nitrogens is 2. The highest BCUT2D eigenvalue weighted by molar-refractivity contribution is 5.79. The zero-order valence-electron chi connectivity index (χ0n) is 16.8. The zero-order valence-corrected chi connectivity index (χ0v) is 16.8. The Labute approximate surface area is 171 Å². The largest absolute Gasteiger partial charge is 0.355 e. The second-order valence-corrected chi connectivity index (χ2v) is 7.79. The number of amides is 1. The number of benzene rings is 1. The molecule has 0 saturated carbocycles. The molecule has 2 fully saturated rings. The molecule has 1 amide bonds. The van der Waals surface area contributed by atoms with Gasteiger partial charge >= 0.3 is 0 Å². The number of anilines is 2. The Kier molecular flexibility index (Phi) is 6.22. The molecule has 2 saturated heterocycles. The average Bonchev–Trinajstić information content (AvgIpc) is 3.05. The van der Waals surface area contributed by atoms with E-state index in [2.05, 4.69) is 26.1 Å². The van der Waals surface area contributed by atoms with Gasteiger partial charge in [0.1, 0.15) is 5.82 Å². The van der Waals surface area contributed by atoms with E-state index in [-0.39, 0.29) is 18.1 Å². The predicted octanol–water partition coefficient (Wildman–Crippen LogP) is 2.89. The molecule has 2 aliphatic rings. The molecule has 0 bridgehead atoms. The lowest BCUT2D eigenvalue weighted by atomic mass is 10.1. The Morgan fingerprint density at radius 2 is 1.38 bits per heavy atom. The number of halogens is 1. The fourth-order valence-electron chi connectivity index (χ4n) is 4.06. The van der Waals surface area contributed by atoms with Crippen molar-refractivity contribution in [3.05, 3.63) is 47.8 Å². The van der Waals surface area contributed by atoms with Crippen LogP contribution in [0.2, 0.25) is 0 Å². The van der Waals surface area contributed by atoms with Crippen LogP contribution in [0.25, 0.3) is 0 Å². The Hall–Kier alpha value is -2.70. The Morgan fingerprint density at radius 1 is 0.793 bits per heavy atom. The van der Waals surface area contributed by atoms with Crippen molar-refractivity contribution in [1.82, 2.24) is 15.1 Å². The van der Waals surface area contributed by atoms with Gasteiger partial charge in [0.15, 0.2) is 11.6 Å². The van der Waals surface area contributed by atoms with Gasteiger partial charge in [-0.1, -0.05) is 31.0 Å². The van der Waals surface area contributed by atoms with Crippen molar-refractivity contribution in [2.24, 2.45) is 0 Å². The maximum Gasteiger partial charge on any atom is 0.227 e. The average molecular weight is 397 g/mol. The van der Waals surface area contributed by atoms with Crippen LogP contribution in [0, 0.1) is 5.82 Å². The molecule has 0 aliphatic carbocycles. The van der Waals surface area contributed by atoms with Crippen molar-refractivity contribution in [2.75, 3.05) is 49.1 Å². The van der Waals surface area contributed by atoms with Crippen molar-refractivity contribution in [3.8, 4) is 0 Å². The second-order valence-electron chi connectivity index (χ2n) is 7.79. The summed E-state index contributed by atoms with van der Waals surface area (Å²) in [6.45, 7) is 4.75. The van der Waals surface area contributed by atoms with Crippen molar-refractivity contribution in [2.45, 2.75) is 32.1 Å². The van der Waals surface area contributed by atoms with Gasteiger partial charge in [-0.3, -0.25) is 4.79 Å². The SMILES string of the molecule is O=C(Cc1ccccc1F)N1CCN(c2ccc(N3CCCCCC3)nn2)CC1. The van der Waals surface area contributed by atoms with Crippen molar-refractivity contribution >= 4 is 17.5 Å². The molecule has 7 heteroatoms. The molecule has 29 heavy (non-hydrogen) atoms. The number of hydrogen-bond acceptors (Lipinski definition) is 5. The molecule has 0 radical (unpaired) electrons. The third kappa shape index (κ3) is 4.83. The van der Waals surface area contributed by atoms with E-state index in [0.717, 1.165) is 24.7 Å². The minimum Gasteiger partial charge on any atom is -0.355 e. The lowest BCUT2D eigenvalue weighted by Crippen LogP contribution is -2.49. The van der Waals surface area contributed by atoms with Crippen LogP contribution >= 0.6 is 0 Å². The summed E-state index contributed by atoms with van der Waals surface area (Å²) < 4.78 is 13.8. The molecule has 2 aromatic rings. The number of nitrogens with zero attached hydrogens (tertiary/aromatic N) is 5. The molecule has 1 aromatic carbocycles. The molecule has 4 rings (SSSR count). The summed E-state index contributed by atoms with van der Waals surface area (Å²) in [6, 6.07) is 10.6. The maximum absolute atomic E-state index is 13.8. The van der Waals surface area contributed by atoms with E-state index in [0.29, 0.717) is 31.7 Å². The fourth-order valence-corrected chi connectivity index (χ4v) is 4.06. The van der Waals surface area contributed by atoms with Gasteiger partial charge in [0.05, 0.1) is 6.42 Å². The number of piperazine rings is 1. The first kappa shape index (κ1) is 19.6. The van der Waals surface area contributed by atoms with Crippen LogP contribution in [0.4, 0.5) is 16.0 Å². The molecule has 2 aliphatic heterocycles. The molecule has 154 valence electrons. The lowest BCUT2D eigenvalue weighted by molar-refractivity contribution is -0.130. The predicted molar refractivity (Wildman–Crippen MR) is 112 cm³/mol. The Balaban J connectivity index is 1.31. The third-order valence-electron chi connectivity index (χ3n) is 5.82. The van der Waals surface area contributed by atoms with E-state index < -0.39 is 0 Å². The minimum absolute atomic E-state index is 0.0302. The highest BCUT2D eigenvalue weighted by Crippen LogP contribution is 2.20. The highest BCUT2D eigenvalue weighted by atomic mass is 19.1.